The maximum absolute atomic E-state index is 12.7. The molecule has 1 aromatic carbocycles. The van der Waals surface area contributed by atoms with E-state index >= 15 is 0 Å². The Hall–Kier alpha value is -1.59. The van der Waals surface area contributed by atoms with Crippen LogP contribution >= 0.6 is 0 Å². The van der Waals surface area contributed by atoms with Crippen LogP contribution in [0, 0.1) is 0 Å². The molecule has 2 rings (SSSR count). The third-order valence-electron chi connectivity index (χ3n) is 4.95. The fourth-order valence-electron chi connectivity index (χ4n) is 3.60. The van der Waals surface area contributed by atoms with Crippen molar-refractivity contribution < 1.29 is 14.6 Å². The van der Waals surface area contributed by atoms with E-state index in [-0.39, 0.29) is 5.91 Å². The Morgan fingerprint density at radius 3 is 2.60 bits per heavy atom. The summed E-state index contributed by atoms with van der Waals surface area (Å²) in [5.41, 5.74) is 1.00. The van der Waals surface area contributed by atoms with Gasteiger partial charge in [-0.2, -0.15) is 0 Å². The average Bonchev–Trinajstić information content (AvgIpc) is 2.62. The Bertz CT molecular complexity index is 541. The molecular weight excluding hydrogens is 316 g/mol. The number of carbonyl (C=O) groups excluding carboxylic acids is 1. The summed E-state index contributed by atoms with van der Waals surface area (Å²) in [6.45, 7) is 3.23. The van der Waals surface area contributed by atoms with E-state index in [9.17, 15) is 9.90 Å². The summed E-state index contributed by atoms with van der Waals surface area (Å²) in [5.74, 6) is 0.882. The van der Waals surface area contributed by atoms with Gasteiger partial charge in [0, 0.05) is 31.7 Å². The molecule has 0 spiro atoms. The first kappa shape index (κ1) is 19.7. The van der Waals surface area contributed by atoms with Crippen molar-refractivity contribution in [2.75, 3.05) is 27.2 Å². The van der Waals surface area contributed by atoms with Gasteiger partial charge in [-0.15, -0.1) is 0 Å². The molecule has 0 aliphatic heterocycles. The van der Waals surface area contributed by atoms with Crippen LogP contribution in [0.3, 0.4) is 0 Å². The number of rotatable bonds is 8. The lowest BCUT2D eigenvalue weighted by molar-refractivity contribution is -0.132. The number of para-hydroxylation sites is 1. The topological polar surface area (TPSA) is 53.0 Å². The zero-order valence-corrected chi connectivity index (χ0v) is 15.8. The number of carbonyl (C=O) groups is 1. The quantitative estimate of drug-likeness (QED) is 0.785. The first-order chi connectivity index (χ1) is 12.0. The average molecular weight is 348 g/mol. The van der Waals surface area contributed by atoms with Gasteiger partial charge < -0.3 is 14.7 Å². The lowest BCUT2D eigenvalue weighted by Crippen LogP contribution is -2.46. The van der Waals surface area contributed by atoms with Gasteiger partial charge in [-0.25, -0.2) is 0 Å². The molecule has 140 valence electrons. The standard InChI is InChI=1S/C20H32N2O3/c1-16(23)13-22(18-10-5-4-6-11-18)15-20(24)21(2)14-17-9-7-8-12-19(17)25-3/h7-9,12,16,18,23H,4-6,10-11,13-15H2,1-3H3. The Labute approximate surface area is 151 Å². The van der Waals surface area contributed by atoms with Gasteiger partial charge in [-0.05, 0) is 25.8 Å². The van der Waals surface area contributed by atoms with Gasteiger partial charge in [0.05, 0.1) is 19.8 Å². The van der Waals surface area contributed by atoms with Crippen LogP contribution in [-0.2, 0) is 11.3 Å². The van der Waals surface area contributed by atoms with Gasteiger partial charge in [0.1, 0.15) is 5.75 Å². The van der Waals surface area contributed by atoms with Crippen LogP contribution in [0.4, 0.5) is 0 Å². The molecule has 25 heavy (non-hydrogen) atoms. The molecular formula is C20H32N2O3. The van der Waals surface area contributed by atoms with Crippen molar-refractivity contribution in [3.8, 4) is 5.75 Å². The van der Waals surface area contributed by atoms with Gasteiger partial charge in [-0.1, -0.05) is 37.5 Å². The fourth-order valence-corrected chi connectivity index (χ4v) is 3.60. The third-order valence-corrected chi connectivity index (χ3v) is 4.95. The van der Waals surface area contributed by atoms with Crippen molar-refractivity contribution in [3.63, 3.8) is 0 Å². The highest BCUT2D eigenvalue weighted by Gasteiger charge is 2.25. The Balaban J connectivity index is 1.98. The number of amides is 1. The molecule has 1 unspecified atom stereocenters. The molecule has 0 radical (unpaired) electrons. The molecule has 0 heterocycles. The van der Waals surface area contributed by atoms with Gasteiger partial charge in [0.25, 0.3) is 0 Å². The monoisotopic (exact) mass is 348 g/mol. The third kappa shape index (κ3) is 6.01. The van der Waals surface area contributed by atoms with Crippen molar-refractivity contribution in [2.45, 2.75) is 57.7 Å². The van der Waals surface area contributed by atoms with E-state index < -0.39 is 6.10 Å². The summed E-state index contributed by atoms with van der Waals surface area (Å²) < 4.78 is 5.37. The molecule has 0 saturated heterocycles. The molecule has 1 atom stereocenters. The summed E-state index contributed by atoms with van der Waals surface area (Å²) in [5, 5.41) is 9.83. The molecule has 1 fully saturated rings. The minimum atomic E-state index is -0.422. The zero-order chi connectivity index (χ0) is 18.2. The minimum Gasteiger partial charge on any atom is -0.496 e. The second kappa shape index (κ2) is 9.78. The Morgan fingerprint density at radius 1 is 1.28 bits per heavy atom. The largest absolute Gasteiger partial charge is 0.496 e. The molecule has 1 saturated carbocycles. The number of ether oxygens (including phenoxy) is 1. The number of likely N-dealkylation sites (N-methyl/N-ethyl adjacent to an activating group) is 1. The van der Waals surface area contributed by atoms with Crippen LogP contribution < -0.4 is 4.74 Å². The van der Waals surface area contributed by atoms with Crippen molar-refractivity contribution in [3.05, 3.63) is 29.8 Å². The molecule has 1 aliphatic carbocycles. The lowest BCUT2D eigenvalue weighted by atomic mass is 9.94. The van der Waals surface area contributed by atoms with Gasteiger partial charge >= 0.3 is 0 Å². The van der Waals surface area contributed by atoms with Crippen molar-refractivity contribution in [1.29, 1.82) is 0 Å². The van der Waals surface area contributed by atoms with Crippen molar-refractivity contribution >= 4 is 5.91 Å². The molecule has 1 aliphatic rings. The predicted octanol–water partition coefficient (Wildman–Crippen LogP) is 2.67. The Kier molecular flexibility index (Phi) is 7.72. The first-order valence-electron chi connectivity index (χ1n) is 9.29. The molecule has 0 bridgehead atoms. The van der Waals surface area contributed by atoms with Crippen molar-refractivity contribution in [1.82, 2.24) is 9.80 Å². The highest BCUT2D eigenvalue weighted by Crippen LogP contribution is 2.23. The van der Waals surface area contributed by atoms with E-state index in [4.69, 9.17) is 4.74 Å². The van der Waals surface area contributed by atoms with Gasteiger partial charge in [-0.3, -0.25) is 9.69 Å². The molecule has 1 aromatic rings. The van der Waals surface area contributed by atoms with Crippen LogP contribution in [0.2, 0.25) is 0 Å². The van der Waals surface area contributed by atoms with Crippen LogP contribution in [0.1, 0.15) is 44.6 Å². The molecule has 1 N–H and O–H groups in total. The SMILES string of the molecule is COc1ccccc1CN(C)C(=O)CN(CC(C)O)C1CCCCC1. The first-order valence-corrected chi connectivity index (χ1v) is 9.29. The van der Waals surface area contributed by atoms with Gasteiger partial charge in [0.15, 0.2) is 0 Å². The minimum absolute atomic E-state index is 0.0807. The van der Waals surface area contributed by atoms with E-state index in [2.05, 4.69) is 4.90 Å². The second-order valence-electron chi connectivity index (χ2n) is 7.13. The van der Waals surface area contributed by atoms with E-state index in [0.717, 1.165) is 24.2 Å². The number of methoxy groups -OCH3 is 1. The summed E-state index contributed by atoms with van der Waals surface area (Å²) >= 11 is 0. The highest BCUT2D eigenvalue weighted by molar-refractivity contribution is 5.78. The number of hydrogen-bond donors (Lipinski definition) is 1. The van der Waals surface area contributed by atoms with Crippen LogP contribution in [0.15, 0.2) is 24.3 Å². The molecule has 5 nitrogen and oxygen atoms in total. The van der Waals surface area contributed by atoms with E-state index in [1.165, 1.54) is 19.3 Å². The number of hydrogen-bond acceptors (Lipinski definition) is 4. The second-order valence-corrected chi connectivity index (χ2v) is 7.13. The summed E-state index contributed by atoms with van der Waals surface area (Å²) in [6.07, 6.45) is 5.53. The summed E-state index contributed by atoms with van der Waals surface area (Å²) in [7, 11) is 3.48. The van der Waals surface area contributed by atoms with Crippen LogP contribution in [0.5, 0.6) is 5.75 Å². The van der Waals surface area contributed by atoms with E-state index in [1.54, 1.807) is 18.9 Å². The Morgan fingerprint density at radius 2 is 1.96 bits per heavy atom. The maximum Gasteiger partial charge on any atom is 0.236 e. The predicted molar refractivity (Wildman–Crippen MR) is 99.6 cm³/mol. The number of aliphatic hydroxyl groups is 1. The van der Waals surface area contributed by atoms with Crippen LogP contribution in [0.25, 0.3) is 0 Å². The number of aliphatic hydroxyl groups excluding tert-OH is 1. The zero-order valence-electron chi connectivity index (χ0n) is 15.8. The number of benzene rings is 1. The van der Waals surface area contributed by atoms with E-state index in [1.807, 2.05) is 31.3 Å². The molecule has 1 amide bonds. The summed E-state index contributed by atoms with van der Waals surface area (Å²) in [6, 6.07) is 8.19. The highest BCUT2D eigenvalue weighted by atomic mass is 16.5. The lowest BCUT2D eigenvalue weighted by Gasteiger charge is -2.35. The summed E-state index contributed by atoms with van der Waals surface area (Å²) in [4.78, 5) is 16.7. The molecule has 0 aromatic heterocycles. The van der Waals surface area contributed by atoms with Gasteiger partial charge in [0.2, 0.25) is 5.91 Å². The normalized spacial score (nSPS) is 16.7. The van der Waals surface area contributed by atoms with Crippen molar-refractivity contribution in [2.24, 2.45) is 0 Å². The maximum atomic E-state index is 12.7. The molecule has 5 heteroatoms. The van der Waals surface area contributed by atoms with E-state index in [0.29, 0.717) is 25.7 Å². The smallest absolute Gasteiger partial charge is 0.236 e. The van der Waals surface area contributed by atoms with Crippen LogP contribution in [-0.4, -0.2) is 60.2 Å². The fraction of sp³-hybridized carbons (Fsp3) is 0.650. The number of nitrogens with zero attached hydrogens (tertiary/aromatic N) is 2.